The lowest BCUT2D eigenvalue weighted by Crippen LogP contribution is -2.42. The largest absolute Gasteiger partial charge is 0.507 e. The Balaban J connectivity index is 1.96. The summed E-state index contributed by atoms with van der Waals surface area (Å²) in [5, 5.41) is 10.3. The van der Waals surface area contributed by atoms with Gasteiger partial charge in [0.25, 0.3) is 5.91 Å². The summed E-state index contributed by atoms with van der Waals surface area (Å²) in [6, 6.07) is 10.9. The summed E-state index contributed by atoms with van der Waals surface area (Å²) >= 11 is 11.9. The van der Waals surface area contributed by atoms with Gasteiger partial charge in [0.1, 0.15) is 5.75 Å². The summed E-state index contributed by atoms with van der Waals surface area (Å²) in [5.74, 6) is -1.29. The zero-order valence-electron chi connectivity index (χ0n) is 11.3. The van der Waals surface area contributed by atoms with Gasteiger partial charge in [-0.15, -0.1) is 0 Å². The number of hydrogen-bond donors (Lipinski definition) is 3. The Labute approximate surface area is 136 Å². The Morgan fingerprint density at radius 3 is 2.23 bits per heavy atom. The quantitative estimate of drug-likeness (QED) is 0.753. The highest BCUT2D eigenvalue weighted by atomic mass is 35.5. The average Bonchev–Trinajstić information content (AvgIpc) is 2.49. The third-order valence-corrected chi connectivity index (χ3v) is 3.57. The molecular weight excluding hydrogens is 327 g/mol. The van der Waals surface area contributed by atoms with E-state index in [-0.39, 0.29) is 17.7 Å². The fourth-order valence-electron chi connectivity index (χ4n) is 1.77. The molecule has 0 bridgehead atoms. The Morgan fingerprint density at radius 2 is 1.59 bits per heavy atom. The van der Waals surface area contributed by atoms with E-state index in [2.05, 4.69) is 10.9 Å². The Bertz CT molecular complexity index is 699. The fraction of sp³-hybridized carbons (Fsp3) is 0.0667. The highest BCUT2D eigenvalue weighted by Crippen LogP contribution is 2.24. The van der Waals surface area contributed by atoms with Gasteiger partial charge in [0.2, 0.25) is 5.91 Å². The van der Waals surface area contributed by atoms with Gasteiger partial charge in [-0.25, -0.2) is 0 Å². The summed E-state index contributed by atoms with van der Waals surface area (Å²) in [6.45, 7) is 0. The molecule has 0 saturated heterocycles. The maximum Gasteiger partial charge on any atom is 0.273 e. The zero-order valence-corrected chi connectivity index (χ0v) is 12.8. The maximum absolute atomic E-state index is 11.8. The molecule has 2 rings (SSSR count). The van der Waals surface area contributed by atoms with Crippen LogP contribution in [-0.2, 0) is 11.2 Å². The van der Waals surface area contributed by atoms with Crippen molar-refractivity contribution < 1.29 is 14.7 Å². The van der Waals surface area contributed by atoms with Crippen LogP contribution in [0.4, 0.5) is 0 Å². The molecule has 3 N–H and O–H groups in total. The molecule has 22 heavy (non-hydrogen) atoms. The van der Waals surface area contributed by atoms with Crippen LogP contribution in [0.15, 0.2) is 42.5 Å². The number of benzene rings is 2. The predicted octanol–water partition coefficient (Wildman–Crippen LogP) is 2.70. The average molecular weight is 339 g/mol. The van der Waals surface area contributed by atoms with Crippen molar-refractivity contribution in [3.8, 4) is 5.75 Å². The topological polar surface area (TPSA) is 78.4 Å². The van der Waals surface area contributed by atoms with Crippen molar-refractivity contribution in [3.63, 3.8) is 0 Å². The van der Waals surface area contributed by atoms with Gasteiger partial charge in [-0.2, -0.15) is 0 Å². The molecule has 0 aliphatic heterocycles. The molecule has 0 atom stereocenters. The van der Waals surface area contributed by atoms with E-state index in [9.17, 15) is 14.7 Å². The molecule has 2 amide bonds. The van der Waals surface area contributed by atoms with Gasteiger partial charge in [-0.3, -0.25) is 20.4 Å². The molecule has 0 saturated carbocycles. The number of hydrazine groups is 1. The summed E-state index contributed by atoms with van der Waals surface area (Å²) in [6.07, 6.45) is -0.0838. The minimum atomic E-state index is -0.628. The first-order chi connectivity index (χ1) is 10.5. The van der Waals surface area contributed by atoms with Crippen LogP contribution in [0.3, 0.4) is 0 Å². The highest BCUT2D eigenvalue weighted by molar-refractivity contribution is 6.36. The molecule has 2 aromatic rings. The SMILES string of the molecule is O=C(Cc1c(Cl)cccc1Cl)NNC(=O)c1ccccc1O. The van der Waals surface area contributed by atoms with E-state index in [0.29, 0.717) is 15.6 Å². The van der Waals surface area contributed by atoms with Crippen LogP contribution in [0.5, 0.6) is 5.75 Å². The van der Waals surface area contributed by atoms with Gasteiger partial charge in [-0.1, -0.05) is 41.4 Å². The molecule has 0 unspecified atom stereocenters. The number of phenolic OH excluding ortho intramolecular Hbond substituents is 1. The van der Waals surface area contributed by atoms with Crippen LogP contribution in [0.1, 0.15) is 15.9 Å². The van der Waals surface area contributed by atoms with Gasteiger partial charge in [-0.05, 0) is 29.8 Å². The molecule has 5 nitrogen and oxygen atoms in total. The Hall–Kier alpha value is -2.24. The van der Waals surface area contributed by atoms with Crippen molar-refractivity contribution in [2.75, 3.05) is 0 Å². The van der Waals surface area contributed by atoms with Crippen LogP contribution in [0.25, 0.3) is 0 Å². The number of amides is 2. The van der Waals surface area contributed by atoms with Crippen molar-refractivity contribution in [2.24, 2.45) is 0 Å². The van der Waals surface area contributed by atoms with E-state index < -0.39 is 11.8 Å². The molecule has 0 radical (unpaired) electrons. The number of carbonyl (C=O) groups is 2. The molecule has 0 aliphatic rings. The van der Waals surface area contributed by atoms with Crippen LogP contribution >= 0.6 is 23.2 Å². The number of halogens is 2. The molecule has 7 heteroatoms. The Kier molecular flexibility index (Phi) is 5.25. The summed E-state index contributed by atoms with van der Waals surface area (Å²) < 4.78 is 0. The first-order valence-electron chi connectivity index (χ1n) is 6.29. The van der Waals surface area contributed by atoms with Crippen LogP contribution < -0.4 is 10.9 Å². The van der Waals surface area contributed by atoms with E-state index in [1.807, 2.05) is 0 Å². The first-order valence-corrected chi connectivity index (χ1v) is 7.04. The fourth-order valence-corrected chi connectivity index (χ4v) is 2.30. The van der Waals surface area contributed by atoms with Crippen molar-refractivity contribution in [1.82, 2.24) is 10.9 Å². The van der Waals surface area contributed by atoms with Crippen molar-refractivity contribution in [2.45, 2.75) is 6.42 Å². The second-order valence-electron chi connectivity index (χ2n) is 4.40. The molecule has 0 heterocycles. The van der Waals surface area contributed by atoms with Gasteiger partial charge in [0, 0.05) is 10.0 Å². The lowest BCUT2D eigenvalue weighted by Gasteiger charge is -2.10. The van der Waals surface area contributed by atoms with Crippen molar-refractivity contribution in [1.29, 1.82) is 0 Å². The van der Waals surface area contributed by atoms with E-state index in [4.69, 9.17) is 23.2 Å². The lowest BCUT2D eigenvalue weighted by atomic mass is 10.1. The summed E-state index contributed by atoms with van der Waals surface area (Å²) in [5.41, 5.74) is 4.98. The van der Waals surface area contributed by atoms with Crippen molar-refractivity contribution >= 4 is 35.0 Å². The smallest absolute Gasteiger partial charge is 0.273 e. The molecule has 0 aliphatic carbocycles. The second kappa shape index (κ2) is 7.15. The second-order valence-corrected chi connectivity index (χ2v) is 5.21. The standard InChI is InChI=1S/C15H12Cl2N2O3/c16-11-5-3-6-12(17)10(11)8-14(21)18-19-15(22)9-4-1-2-7-13(9)20/h1-7,20H,8H2,(H,18,21)(H,19,22). The summed E-state index contributed by atoms with van der Waals surface area (Å²) in [7, 11) is 0. The van der Waals surface area contributed by atoms with Gasteiger partial charge in [0.15, 0.2) is 0 Å². The van der Waals surface area contributed by atoms with Gasteiger partial charge < -0.3 is 5.11 Å². The molecule has 0 spiro atoms. The molecule has 0 aromatic heterocycles. The van der Waals surface area contributed by atoms with Crippen molar-refractivity contribution in [3.05, 3.63) is 63.6 Å². The monoisotopic (exact) mass is 338 g/mol. The number of carbonyl (C=O) groups excluding carboxylic acids is 2. The maximum atomic E-state index is 11.8. The number of nitrogens with one attached hydrogen (secondary N) is 2. The first kappa shape index (κ1) is 16.1. The Morgan fingerprint density at radius 1 is 0.955 bits per heavy atom. The number of phenols is 1. The van der Waals surface area contributed by atoms with Crippen LogP contribution in [0.2, 0.25) is 10.0 Å². The highest BCUT2D eigenvalue weighted by Gasteiger charge is 2.13. The van der Waals surface area contributed by atoms with E-state index in [1.54, 1.807) is 30.3 Å². The zero-order chi connectivity index (χ0) is 16.1. The molecular formula is C15H12Cl2N2O3. The number of para-hydroxylation sites is 1. The number of hydrogen-bond acceptors (Lipinski definition) is 3. The molecule has 0 fully saturated rings. The minimum Gasteiger partial charge on any atom is -0.507 e. The predicted molar refractivity (Wildman–Crippen MR) is 83.9 cm³/mol. The third-order valence-electron chi connectivity index (χ3n) is 2.86. The van der Waals surface area contributed by atoms with Crippen LogP contribution in [0, 0.1) is 0 Å². The summed E-state index contributed by atoms with van der Waals surface area (Å²) in [4.78, 5) is 23.7. The van der Waals surface area contributed by atoms with Gasteiger partial charge >= 0.3 is 0 Å². The number of aromatic hydroxyl groups is 1. The number of rotatable bonds is 3. The molecule has 114 valence electrons. The van der Waals surface area contributed by atoms with E-state index in [1.165, 1.54) is 12.1 Å². The normalized spacial score (nSPS) is 10.1. The van der Waals surface area contributed by atoms with Crippen LogP contribution in [-0.4, -0.2) is 16.9 Å². The molecule has 2 aromatic carbocycles. The van der Waals surface area contributed by atoms with E-state index in [0.717, 1.165) is 0 Å². The van der Waals surface area contributed by atoms with E-state index >= 15 is 0 Å². The van der Waals surface area contributed by atoms with Gasteiger partial charge in [0.05, 0.1) is 12.0 Å². The lowest BCUT2D eigenvalue weighted by molar-refractivity contribution is -0.121. The minimum absolute atomic E-state index is 0.0542. The third kappa shape index (κ3) is 3.90.